The second-order valence-electron chi connectivity index (χ2n) is 16.8. The number of rotatable bonds is 6. The van der Waals surface area contributed by atoms with Gasteiger partial charge in [0.25, 0.3) is 0 Å². The summed E-state index contributed by atoms with van der Waals surface area (Å²) in [5.74, 6) is 0. The minimum Gasteiger partial charge on any atom is -0.0622 e. The van der Waals surface area contributed by atoms with E-state index in [1.165, 1.54) is 111 Å². The highest BCUT2D eigenvalue weighted by molar-refractivity contribution is 6.22. The first-order valence-electron chi connectivity index (χ1n) is 21.5. The maximum absolute atomic E-state index is 2.54. The number of benzene rings is 10. The Labute approximate surface area is 357 Å². The van der Waals surface area contributed by atoms with Crippen molar-refractivity contribution in [3.63, 3.8) is 0 Å². The second-order valence-corrected chi connectivity index (χ2v) is 16.8. The summed E-state index contributed by atoms with van der Waals surface area (Å²) in [5.41, 5.74) is 20.9. The van der Waals surface area contributed by atoms with E-state index < -0.39 is 0 Å². The van der Waals surface area contributed by atoms with Gasteiger partial charge in [-0.05, 0) is 136 Å². The summed E-state index contributed by atoms with van der Waals surface area (Å²) >= 11 is 0. The monoisotopic (exact) mass is 774 g/mol. The second kappa shape index (κ2) is 14.3. The first-order chi connectivity index (χ1) is 30.2. The molecule has 0 saturated carbocycles. The van der Waals surface area contributed by atoms with Crippen LogP contribution in [0.5, 0.6) is 0 Å². The Hall–Kier alpha value is -7.54. The van der Waals surface area contributed by atoms with Gasteiger partial charge in [0.05, 0.1) is 0 Å². The van der Waals surface area contributed by atoms with Gasteiger partial charge < -0.3 is 0 Å². The number of hydrogen-bond acceptors (Lipinski definition) is 0. The van der Waals surface area contributed by atoms with Gasteiger partial charge in [0.2, 0.25) is 0 Å². The third-order valence-electron chi connectivity index (χ3n) is 13.5. The van der Waals surface area contributed by atoms with Gasteiger partial charge in [-0.1, -0.05) is 218 Å². The first-order valence-corrected chi connectivity index (χ1v) is 21.5. The summed E-state index contributed by atoms with van der Waals surface area (Å²) in [4.78, 5) is 0. The van der Waals surface area contributed by atoms with Crippen molar-refractivity contribution in [2.45, 2.75) is 18.3 Å². The van der Waals surface area contributed by atoms with Crippen LogP contribution in [0, 0.1) is 0 Å². The molecule has 0 aromatic heterocycles. The Morgan fingerprint density at radius 1 is 0.344 bits per heavy atom. The third kappa shape index (κ3) is 5.75. The summed E-state index contributed by atoms with van der Waals surface area (Å²) in [6.45, 7) is 0. The van der Waals surface area contributed by atoms with E-state index >= 15 is 0 Å². The van der Waals surface area contributed by atoms with Gasteiger partial charge in [0.1, 0.15) is 0 Å². The lowest BCUT2D eigenvalue weighted by Gasteiger charge is -2.27. The topological polar surface area (TPSA) is 0 Å². The van der Waals surface area contributed by atoms with E-state index in [-0.39, 0.29) is 5.41 Å². The Balaban J connectivity index is 1.00. The highest BCUT2D eigenvalue weighted by atomic mass is 14.5. The summed E-state index contributed by atoms with van der Waals surface area (Å²) in [7, 11) is 0. The number of hydrogen-bond donors (Lipinski definition) is 0. The molecule has 0 atom stereocenters. The van der Waals surface area contributed by atoms with Crippen LogP contribution in [0.2, 0.25) is 0 Å². The molecule has 10 aromatic carbocycles. The lowest BCUT2D eigenvalue weighted by atomic mass is 9.75. The summed E-state index contributed by atoms with van der Waals surface area (Å²) in [6, 6.07) is 83.2. The van der Waals surface area contributed by atoms with Gasteiger partial charge in [0.15, 0.2) is 0 Å². The van der Waals surface area contributed by atoms with Gasteiger partial charge in [-0.15, -0.1) is 0 Å². The molecule has 61 heavy (non-hydrogen) atoms. The fourth-order valence-electron chi connectivity index (χ4n) is 10.8. The zero-order valence-corrected chi connectivity index (χ0v) is 33.9. The molecule has 10 aromatic rings. The average molecular weight is 775 g/mol. The zero-order valence-electron chi connectivity index (χ0n) is 33.9. The maximum Gasteiger partial charge on any atom is 0.0296 e. The van der Waals surface area contributed by atoms with Crippen LogP contribution < -0.4 is 0 Å². The molecule has 0 fully saturated rings. The molecule has 0 bridgehead atoms. The highest BCUT2D eigenvalue weighted by Gasteiger charge is 2.47. The number of fused-ring (bicyclic) bond motifs is 8. The van der Waals surface area contributed by atoms with Crippen molar-refractivity contribution >= 4 is 33.2 Å². The largest absolute Gasteiger partial charge is 0.0622 e. The van der Waals surface area contributed by atoms with Crippen LogP contribution in [0.1, 0.15) is 38.9 Å². The molecule has 0 aliphatic heterocycles. The fourth-order valence-corrected chi connectivity index (χ4v) is 10.8. The van der Waals surface area contributed by atoms with E-state index in [1.54, 1.807) is 0 Å². The molecule has 286 valence electrons. The molecule has 0 unspecified atom stereocenters. The van der Waals surface area contributed by atoms with Crippen LogP contribution in [0.15, 0.2) is 224 Å². The Bertz CT molecular complexity index is 3210. The lowest BCUT2D eigenvalue weighted by molar-refractivity contribution is 0.564. The van der Waals surface area contributed by atoms with E-state index in [4.69, 9.17) is 0 Å². The van der Waals surface area contributed by atoms with Crippen molar-refractivity contribution in [2.75, 3.05) is 0 Å². The van der Waals surface area contributed by atoms with Gasteiger partial charge in [-0.2, -0.15) is 0 Å². The summed E-state index contributed by atoms with van der Waals surface area (Å²) < 4.78 is 0. The van der Waals surface area contributed by atoms with Crippen molar-refractivity contribution in [2.24, 2.45) is 0 Å². The fraction of sp³-hybridized carbons (Fsp3) is 0.0492. The first kappa shape index (κ1) is 35.4. The standard InChI is InChI=1S/C61H42/c1-3-17-42(18-4-1)56(43-19-5-2-6-20-43)37-41-31-33-44(34-32-41)59-52-26-11-13-28-54(52)60(55-29-14-12-27-53(55)59)51-25-10-9-23-48(51)45-35-36-50-49-24-15-16-30-57(49)61(58(50)38-45)39-46-21-7-8-22-47(46)40-61/h1-38H,39-40H2. The molecule has 2 aliphatic carbocycles. The van der Waals surface area contributed by atoms with Crippen LogP contribution in [0.3, 0.4) is 0 Å². The van der Waals surface area contributed by atoms with Crippen molar-refractivity contribution in [3.05, 3.63) is 263 Å². The summed E-state index contributed by atoms with van der Waals surface area (Å²) in [6.07, 6.45) is 4.39. The average Bonchev–Trinajstić information content (AvgIpc) is 3.85. The molecule has 0 radical (unpaired) electrons. The van der Waals surface area contributed by atoms with Crippen LogP contribution in [0.4, 0.5) is 0 Å². The SMILES string of the molecule is C(=C(c1ccccc1)c1ccccc1)c1ccc(-c2c3ccccc3c(-c3ccccc3-c3ccc4c(c3)C3(Cc5ccccc5C3)c3ccccc3-4)c3ccccc23)cc1. The molecular weight excluding hydrogens is 733 g/mol. The molecule has 0 heterocycles. The predicted molar refractivity (Wildman–Crippen MR) is 258 cm³/mol. The highest BCUT2D eigenvalue weighted by Crippen LogP contribution is 2.56. The van der Waals surface area contributed by atoms with Crippen molar-refractivity contribution in [3.8, 4) is 44.5 Å². The minimum atomic E-state index is -0.0579. The van der Waals surface area contributed by atoms with Crippen molar-refractivity contribution < 1.29 is 0 Å². The smallest absolute Gasteiger partial charge is 0.0296 e. The molecule has 2 aliphatic rings. The van der Waals surface area contributed by atoms with Gasteiger partial charge in [0, 0.05) is 5.41 Å². The third-order valence-corrected chi connectivity index (χ3v) is 13.5. The van der Waals surface area contributed by atoms with Gasteiger partial charge >= 0.3 is 0 Å². The molecule has 0 heteroatoms. The van der Waals surface area contributed by atoms with Crippen LogP contribution in [-0.4, -0.2) is 0 Å². The van der Waals surface area contributed by atoms with E-state index in [1.807, 2.05) is 0 Å². The predicted octanol–water partition coefficient (Wildman–Crippen LogP) is 15.6. The quantitative estimate of drug-likeness (QED) is 0.117. The minimum absolute atomic E-state index is 0.0579. The lowest BCUT2D eigenvalue weighted by Crippen LogP contribution is -2.25. The Kier molecular flexibility index (Phi) is 8.32. The van der Waals surface area contributed by atoms with E-state index in [0.717, 1.165) is 12.8 Å². The van der Waals surface area contributed by atoms with Crippen LogP contribution in [-0.2, 0) is 18.3 Å². The van der Waals surface area contributed by atoms with E-state index in [2.05, 4.69) is 231 Å². The molecule has 12 rings (SSSR count). The molecule has 1 spiro atoms. The zero-order chi connectivity index (χ0) is 40.3. The van der Waals surface area contributed by atoms with Crippen LogP contribution in [0.25, 0.3) is 77.7 Å². The summed E-state index contributed by atoms with van der Waals surface area (Å²) in [5, 5.41) is 5.05. The molecule has 0 N–H and O–H groups in total. The van der Waals surface area contributed by atoms with Crippen LogP contribution >= 0.6 is 0 Å². The van der Waals surface area contributed by atoms with Gasteiger partial charge in [-0.25, -0.2) is 0 Å². The molecule has 0 nitrogen and oxygen atoms in total. The van der Waals surface area contributed by atoms with E-state index in [9.17, 15) is 0 Å². The maximum atomic E-state index is 2.54. The Morgan fingerprint density at radius 2 is 0.803 bits per heavy atom. The molecule has 0 saturated heterocycles. The molecule has 0 amide bonds. The normalized spacial score (nSPS) is 13.2. The van der Waals surface area contributed by atoms with Gasteiger partial charge in [-0.3, -0.25) is 0 Å². The van der Waals surface area contributed by atoms with Crippen molar-refractivity contribution in [1.82, 2.24) is 0 Å². The molecular formula is C61H42. The Morgan fingerprint density at radius 3 is 1.41 bits per heavy atom. The van der Waals surface area contributed by atoms with Crippen molar-refractivity contribution in [1.29, 1.82) is 0 Å². The van der Waals surface area contributed by atoms with E-state index in [0.29, 0.717) is 0 Å².